The van der Waals surface area contributed by atoms with Crippen molar-refractivity contribution in [1.29, 1.82) is 0 Å². The molecule has 0 radical (unpaired) electrons. The Labute approximate surface area is 109 Å². The molecule has 17 heavy (non-hydrogen) atoms. The van der Waals surface area contributed by atoms with Gasteiger partial charge in [-0.1, -0.05) is 39.3 Å². The van der Waals surface area contributed by atoms with E-state index in [0.29, 0.717) is 0 Å². The van der Waals surface area contributed by atoms with E-state index in [2.05, 4.69) is 37.0 Å². The molecule has 0 saturated carbocycles. The zero-order valence-electron chi connectivity index (χ0n) is 10.7. The van der Waals surface area contributed by atoms with Gasteiger partial charge in [-0.2, -0.15) is 12.6 Å². The second-order valence-corrected chi connectivity index (χ2v) is 5.18. The number of amides is 1. The van der Waals surface area contributed by atoms with Gasteiger partial charge in [0.15, 0.2) is 0 Å². The fraction of sp³-hybridized carbons (Fsp3) is 0.500. The minimum absolute atomic E-state index is 0.0356. The predicted octanol–water partition coefficient (Wildman–Crippen LogP) is 3.53. The van der Waals surface area contributed by atoms with Crippen LogP contribution in [-0.2, 0) is 11.2 Å². The molecule has 0 heterocycles. The molecule has 1 atom stereocenters. The van der Waals surface area contributed by atoms with Crippen molar-refractivity contribution in [2.75, 3.05) is 5.32 Å². The molecule has 0 aliphatic heterocycles. The number of hydrogen-bond donors (Lipinski definition) is 2. The number of benzene rings is 1. The molecule has 94 valence electrons. The largest absolute Gasteiger partial charge is 0.325 e. The number of nitrogens with one attached hydrogen (secondary N) is 1. The first-order chi connectivity index (χ1) is 8.04. The highest BCUT2D eigenvalue weighted by atomic mass is 32.1. The van der Waals surface area contributed by atoms with Gasteiger partial charge >= 0.3 is 0 Å². The van der Waals surface area contributed by atoms with Crippen molar-refractivity contribution in [3.63, 3.8) is 0 Å². The van der Waals surface area contributed by atoms with E-state index in [1.165, 1.54) is 5.56 Å². The van der Waals surface area contributed by atoms with E-state index < -0.39 is 0 Å². The molecular weight excluding hydrogens is 230 g/mol. The SMILES string of the molecule is CCCc1ccc(NC(=O)C(S)C(C)C)cc1. The van der Waals surface area contributed by atoms with Crippen LogP contribution in [0.5, 0.6) is 0 Å². The molecular formula is C14H21NOS. The van der Waals surface area contributed by atoms with Crippen molar-refractivity contribution < 1.29 is 4.79 Å². The van der Waals surface area contributed by atoms with Crippen LogP contribution in [0.25, 0.3) is 0 Å². The van der Waals surface area contributed by atoms with Crippen LogP contribution in [0.4, 0.5) is 5.69 Å². The van der Waals surface area contributed by atoms with Crippen LogP contribution in [0.1, 0.15) is 32.8 Å². The molecule has 1 aromatic carbocycles. The second-order valence-electron chi connectivity index (χ2n) is 4.63. The van der Waals surface area contributed by atoms with Crippen LogP contribution < -0.4 is 5.32 Å². The monoisotopic (exact) mass is 251 g/mol. The lowest BCUT2D eigenvalue weighted by Crippen LogP contribution is -2.27. The van der Waals surface area contributed by atoms with Crippen LogP contribution in [0.15, 0.2) is 24.3 Å². The van der Waals surface area contributed by atoms with E-state index in [9.17, 15) is 4.79 Å². The third-order valence-electron chi connectivity index (χ3n) is 2.66. The zero-order chi connectivity index (χ0) is 12.8. The van der Waals surface area contributed by atoms with E-state index in [4.69, 9.17) is 0 Å². The Bertz CT molecular complexity index is 359. The number of hydrogen-bond acceptors (Lipinski definition) is 2. The van der Waals surface area contributed by atoms with Crippen LogP contribution in [0, 0.1) is 5.92 Å². The summed E-state index contributed by atoms with van der Waals surface area (Å²) < 4.78 is 0. The van der Waals surface area contributed by atoms with Crippen LogP contribution in [0.2, 0.25) is 0 Å². The fourth-order valence-corrected chi connectivity index (χ4v) is 1.63. The molecule has 1 rings (SSSR count). The Hall–Kier alpha value is -0.960. The summed E-state index contributed by atoms with van der Waals surface area (Å²) in [5.41, 5.74) is 2.14. The predicted molar refractivity (Wildman–Crippen MR) is 76.7 cm³/mol. The Morgan fingerprint density at radius 1 is 1.29 bits per heavy atom. The smallest absolute Gasteiger partial charge is 0.237 e. The standard InChI is InChI=1S/C14H21NOS/c1-4-5-11-6-8-12(9-7-11)15-14(16)13(17)10(2)3/h6-10,13,17H,4-5H2,1-3H3,(H,15,16). The van der Waals surface area contributed by atoms with Crippen molar-refractivity contribution in [3.05, 3.63) is 29.8 Å². The van der Waals surface area contributed by atoms with Crippen molar-refractivity contribution in [3.8, 4) is 0 Å². The maximum Gasteiger partial charge on any atom is 0.237 e. The van der Waals surface area contributed by atoms with Gasteiger partial charge in [-0.3, -0.25) is 4.79 Å². The first kappa shape index (κ1) is 14.1. The quantitative estimate of drug-likeness (QED) is 0.770. The highest BCUT2D eigenvalue weighted by Crippen LogP contribution is 2.15. The number of carbonyl (C=O) groups excluding carboxylic acids is 1. The van der Waals surface area contributed by atoms with Crippen LogP contribution in [-0.4, -0.2) is 11.2 Å². The highest BCUT2D eigenvalue weighted by molar-refractivity contribution is 7.81. The number of carbonyl (C=O) groups is 1. The van der Waals surface area contributed by atoms with E-state index >= 15 is 0 Å². The lowest BCUT2D eigenvalue weighted by molar-refractivity contribution is -0.116. The van der Waals surface area contributed by atoms with Gasteiger partial charge in [0.2, 0.25) is 5.91 Å². The summed E-state index contributed by atoms with van der Waals surface area (Å²) in [6.45, 7) is 6.13. The van der Waals surface area contributed by atoms with Crippen molar-refractivity contribution in [2.45, 2.75) is 38.9 Å². The molecule has 1 N–H and O–H groups in total. The zero-order valence-corrected chi connectivity index (χ0v) is 11.6. The summed E-state index contributed by atoms with van der Waals surface area (Å²) in [6, 6.07) is 8.01. The van der Waals surface area contributed by atoms with Gasteiger partial charge < -0.3 is 5.32 Å². The number of anilines is 1. The normalized spacial score (nSPS) is 12.5. The van der Waals surface area contributed by atoms with E-state index in [-0.39, 0.29) is 17.1 Å². The van der Waals surface area contributed by atoms with E-state index in [0.717, 1.165) is 18.5 Å². The summed E-state index contributed by atoms with van der Waals surface area (Å²) >= 11 is 4.29. The van der Waals surface area contributed by atoms with Gasteiger partial charge in [0.25, 0.3) is 0 Å². The molecule has 0 bridgehead atoms. The molecule has 0 aromatic heterocycles. The Kier molecular flexibility index (Phi) is 5.56. The Balaban J connectivity index is 2.60. The molecule has 1 aromatic rings. The van der Waals surface area contributed by atoms with Crippen LogP contribution in [0.3, 0.4) is 0 Å². The molecule has 1 amide bonds. The Morgan fingerprint density at radius 3 is 2.35 bits per heavy atom. The summed E-state index contributed by atoms with van der Waals surface area (Å²) in [6.07, 6.45) is 2.22. The van der Waals surface area contributed by atoms with Gasteiger partial charge in [-0.15, -0.1) is 0 Å². The molecule has 1 unspecified atom stereocenters. The Morgan fingerprint density at radius 2 is 1.88 bits per heavy atom. The van der Waals surface area contributed by atoms with Gasteiger partial charge in [0.1, 0.15) is 0 Å². The minimum Gasteiger partial charge on any atom is -0.325 e. The van der Waals surface area contributed by atoms with E-state index in [1.54, 1.807) is 0 Å². The average Bonchev–Trinajstić information content (AvgIpc) is 2.30. The maximum absolute atomic E-state index is 11.8. The third kappa shape index (κ3) is 4.43. The fourth-order valence-electron chi connectivity index (χ4n) is 1.56. The highest BCUT2D eigenvalue weighted by Gasteiger charge is 2.17. The maximum atomic E-state index is 11.8. The molecule has 3 heteroatoms. The summed E-state index contributed by atoms with van der Waals surface area (Å²) in [5.74, 6) is 0.198. The second kappa shape index (κ2) is 6.70. The molecule has 0 spiro atoms. The lowest BCUT2D eigenvalue weighted by atomic mass is 10.1. The van der Waals surface area contributed by atoms with Crippen molar-refractivity contribution in [2.24, 2.45) is 5.92 Å². The minimum atomic E-state index is -0.259. The summed E-state index contributed by atoms with van der Waals surface area (Å²) in [5, 5.41) is 2.62. The lowest BCUT2D eigenvalue weighted by Gasteiger charge is -2.14. The van der Waals surface area contributed by atoms with E-state index in [1.807, 2.05) is 26.0 Å². The number of aryl methyl sites for hydroxylation is 1. The molecule has 0 saturated heterocycles. The number of thiol groups is 1. The first-order valence-electron chi connectivity index (χ1n) is 6.12. The molecule has 0 fully saturated rings. The summed E-state index contributed by atoms with van der Waals surface area (Å²) in [7, 11) is 0. The average molecular weight is 251 g/mol. The molecule has 2 nitrogen and oxygen atoms in total. The molecule has 0 aliphatic rings. The number of rotatable bonds is 5. The third-order valence-corrected chi connectivity index (χ3v) is 3.49. The topological polar surface area (TPSA) is 29.1 Å². The van der Waals surface area contributed by atoms with Gasteiger partial charge in [0.05, 0.1) is 5.25 Å². The summed E-state index contributed by atoms with van der Waals surface area (Å²) in [4.78, 5) is 11.8. The first-order valence-corrected chi connectivity index (χ1v) is 6.64. The van der Waals surface area contributed by atoms with Gasteiger partial charge in [-0.25, -0.2) is 0 Å². The van der Waals surface area contributed by atoms with Gasteiger partial charge in [0, 0.05) is 5.69 Å². The van der Waals surface area contributed by atoms with Gasteiger partial charge in [-0.05, 0) is 30.0 Å². The van der Waals surface area contributed by atoms with Crippen molar-refractivity contribution >= 4 is 24.2 Å². The van der Waals surface area contributed by atoms with Crippen molar-refractivity contribution in [1.82, 2.24) is 0 Å². The van der Waals surface area contributed by atoms with Crippen LogP contribution >= 0.6 is 12.6 Å². The molecule has 0 aliphatic carbocycles.